The lowest BCUT2D eigenvalue weighted by atomic mass is 9.93. The van der Waals surface area contributed by atoms with Crippen molar-refractivity contribution in [3.63, 3.8) is 0 Å². The number of rotatable bonds is 6. The van der Waals surface area contributed by atoms with Gasteiger partial charge in [-0.25, -0.2) is 0 Å². The van der Waals surface area contributed by atoms with Gasteiger partial charge in [-0.15, -0.1) is 0 Å². The first-order valence-electron chi connectivity index (χ1n) is 7.15. The summed E-state index contributed by atoms with van der Waals surface area (Å²) >= 11 is 0. The summed E-state index contributed by atoms with van der Waals surface area (Å²) in [5.41, 5.74) is 2.47. The van der Waals surface area contributed by atoms with Crippen LogP contribution in [0.15, 0.2) is 48.5 Å². The Labute approximate surface area is 126 Å². The van der Waals surface area contributed by atoms with Crippen molar-refractivity contribution in [2.45, 2.75) is 25.9 Å². The fraction of sp³-hybridized carbons (Fsp3) is 0.333. The van der Waals surface area contributed by atoms with Crippen molar-refractivity contribution in [2.75, 3.05) is 13.7 Å². The summed E-state index contributed by atoms with van der Waals surface area (Å²) < 4.78 is 10.7. The van der Waals surface area contributed by atoms with Crippen LogP contribution in [-0.4, -0.2) is 24.9 Å². The minimum absolute atomic E-state index is 0.307. The first kappa shape index (κ1) is 15.4. The van der Waals surface area contributed by atoms with Gasteiger partial charge in [0.05, 0.1) is 13.2 Å². The number of benzene rings is 2. The Kier molecular flexibility index (Phi) is 5.23. The van der Waals surface area contributed by atoms with Crippen LogP contribution in [0.5, 0.6) is 11.5 Å². The second-order valence-corrected chi connectivity index (χ2v) is 5.22. The van der Waals surface area contributed by atoms with E-state index in [2.05, 4.69) is 31.2 Å². The fourth-order valence-electron chi connectivity index (χ4n) is 2.15. The van der Waals surface area contributed by atoms with Gasteiger partial charge in [-0.3, -0.25) is 0 Å². The molecule has 2 aromatic carbocycles. The number of aliphatic hydroxyl groups excluding tert-OH is 1. The van der Waals surface area contributed by atoms with E-state index >= 15 is 0 Å². The summed E-state index contributed by atoms with van der Waals surface area (Å²) in [4.78, 5) is 0. The molecule has 0 saturated carbocycles. The number of hydrogen-bond donors (Lipinski definition) is 1. The number of methoxy groups -OCH3 is 1. The molecule has 0 spiro atoms. The van der Waals surface area contributed by atoms with E-state index in [4.69, 9.17) is 9.47 Å². The highest BCUT2D eigenvalue weighted by atomic mass is 16.5. The third-order valence-electron chi connectivity index (χ3n) is 3.49. The molecule has 0 radical (unpaired) electrons. The Balaban J connectivity index is 2.06. The first-order chi connectivity index (χ1) is 10.1. The van der Waals surface area contributed by atoms with Crippen LogP contribution in [0.1, 0.15) is 30.9 Å². The molecule has 0 amide bonds. The third-order valence-corrected chi connectivity index (χ3v) is 3.49. The van der Waals surface area contributed by atoms with E-state index in [0.717, 1.165) is 11.5 Å². The average molecular weight is 286 g/mol. The molecule has 3 heteroatoms. The molecule has 0 aromatic heterocycles. The van der Waals surface area contributed by atoms with E-state index in [1.54, 1.807) is 14.0 Å². The Morgan fingerprint density at radius 1 is 0.857 bits per heavy atom. The maximum atomic E-state index is 9.21. The summed E-state index contributed by atoms with van der Waals surface area (Å²) in [6.07, 6.45) is -0.456. The lowest BCUT2D eigenvalue weighted by Crippen LogP contribution is -2.12. The molecule has 2 aromatic rings. The zero-order chi connectivity index (χ0) is 15.2. The van der Waals surface area contributed by atoms with E-state index in [0.29, 0.717) is 12.5 Å². The van der Waals surface area contributed by atoms with Gasteiger partial charge < -0.3 is 14.6 Å². The Bertz CT molecular complexity index is 544. The van der Waals surface area contributed by atoms with Crippen molar-refractivity contribution in [3.05, 3.63) is 59.7 Å². The third kappa shape index (κ3) is 4.23. The molecule has 3 nitrogen and oxygen atoms in total. The lowest BCUT2D eigenvalue weighted by Gasteiger charge is -2.14. The zero-order valence-corrected chi connectivity index (χ0v) is 12.7. The van der Waals surface area contributed by atoms with Gasteiger partial charge in [0.15, 0.2) is 0 Å². The molecule has 0 saturated heterocycles. The average Bonchev–Trinajstić information content (AvgIpc) is 2.53. The van der Waals surface area contributed by atoms with E-state index < -0.39 is 6.10 Å². The number of ether oxygens (including phenoxy) is 2. The second-order valence-electron chi connectivity index (χ2n) is 5.22. The Morgan fingerprint density at radius 2 is 1.33 bits per heavy atom. The summed E-state index contributed by atoms with van der Waals surface area (Å²) in [5.74, 6) is 1.95. The van der Waals surface area contributed by atoms with Gasteiger partial charge in [-0.05, 0) is 42.3 Å². The van der Waals surface area contributed by atoms with E-state index in [1.807, 2.05) is 24.3 Å². The van der Waals surface area contributed by atoms with Crippen molar-refractivity contribution < 1.29 is 14.6 Å². The maximum absolute atomic E-state index is 9.21. The molecule has 0 aliphatic rings. The topological polar surface area (TPSA) is 38.7 Å². The predicted molar refractivity (Wildman–Crippen MR) is 84.1 cm³/mol. The van der Waals surface area contributed by atoms with E-state index in [-0.39, 0.29) is 0 Å². The van der Waals surface area contributed by atoms with Crippen LogP contribution in [0.3, 0.4) is 0 Å². The summed E-state index contributed by atoms with van der Waals surface area (Å²) in [6, 6.07) is 16.1. The highest BCUT2D eigenvalue weighted by Crippen LogP contribution is 2.27. The van der Waals surface area contributed by atoms with Crippen LogP contribution in [0.25, 0.3) is 0 Å². The monoisotopic (exact) mass is 286 g/mol. The fourth-order valence-corrected chi connectivity index (χ4v) is 2.15. The first-order valence-corrected chi connectivity index (χ1v) is 7.15. The van der Waals surface area contributed by atoms with Crippen LogP contribution in [0, 0.1) is 0 Å². The lowest BCUT2D eigenvalue weighted by molar-refractivity contribution is 0.122. The molecular weight excluding hydrogens is 264 g/mol. The minimum Gasteiger partial charge on any atom is -0.497 e. The Morgan fingerprint density at radius 3 is 1.76 bits per heavy atom. The van der Waals surface area contributed by atoms with Crippen LogP contribution in [-0.2, 0) is 0 Å². The van der Waals surface area contributed by atoms with Gasteiger partial charge in [0, 0.05) is 5.92 Å². The standard InChI is InChI=1S/C18H22O3/c1-13(19)12-21-18-10-6-16(7-11-18)14(2)15-4-8-17(20-3)9-5-15/h4-11,13-14,19H,12H2,1-3H3. The number of aliphatic hydroxyl groups is 1. The van der Waals surface area contributed by atoms with Gasteiger partial charge in [0.1, 0.15) is 18.1 Å². The van der Waals surface area contributed by atoms with Gasteiger partial charge in [-0.2, -0.15) is 0 Å². The van der Waals surface area contributed by atoms with Crippen LogP contribution >= 0.6 is 0 Å². The molecule has 2 rings (SSSR count). The molecule has 21 heavy (non-hydrogen) atoms. The molecule has 0 aliphatic carbocycles. The molecule has 2 atom stereocenters. The molecule has 112 valence electrons. The van der Waals surface area contributed by atoms with Gasteiger partial charge in [0.2, 0.25) is 0 Å². The molecule has 0 aliphatic heterocycles. The van der Waals surface area contributed by atoms with Crippen molar-refractivity contribution >= 4 is 0 Å². The van der Waals surface area contributed by atoms with Crippen molar-refractivity contribution in [1.82, 2.24) is 0 Å². The second kappa shape index (κ2) is 7.14. The zero-order valence-electron chi connectivity index (χ0n) is 12.7. The van der Waals surface area contributed by atoms with Gasteiger partial charge in [0.25, 0.3) is 0 Å². The quantitative estimate of drug-likeness (QED) is 0.881. The van der Waals surface area contributed by atoms with Gasteiger partial charge >= 0.3 is 0 Å². The molecular formula is C18H22O3. The molecule has 0 heterocycles. The SMILES string of the molecule is COc1ccc(C(C)c2ccc(OCC(C)O)cc2)cc1. The summed E-state index contributed by atoms with van der Waals surface area (Å²) in [7, 11) is 1.67. The van der Waals surface area contributed by atoms with Crippen LogP contribution in [0.4, 0.5) is 0 Å². The molecule has 0 fully saturated rings. The smallest absolute Gasteiger partial charge is 0.119 e. The number of hydrogen-bond acceptors (Lipinski definition) is 3. The van der Waals surface area contributed by atoms with Crippen molar-refractivity contribution in [3.8, 4) is 11.5 Å². The molecule has 1 N–H and O–H groups in total. The predicted octanol–water partition coefficient (Wildman–Crippen LogP) is 3.61. The van der Waals surface area contributed by atoms with Crippen LogP contribution in [0.2, 0.25) is 0 Å². The molecule has 2 unspecified atom stereocenters. The van der Waals surface area contributed by atoms with Crippen LogP contribution < -0.4 is 9.47 Å². The normalized spacial score (nSPS) is 13.5. The van der Waals surface area contributed by atoms with Crippen molar-refractivity contribution in [2.24, 2.45) is 0 Å². The van der Waals surface area contributed by atoms with E-state index in [9.17, 15) is 5.11 Å². The summed E-state index contributed by atoms with van der Waals surface area (Å²) in [5, 5.41) is 9.21. The highest BCUT2D eigenvalue weighted by molar-refractivity contribution is 5.37. The maximum Gasteiger partial charge on any atom is 0.119 e. The van der Waals surface area contributed by atoms with E-state index in [1.165, 1.54) is 11.1 Å². The largest absolute Gasteiger partial charge is 0.497 e. The highest BCUT2D eigenvalue weighted by Gasteiger charge is 2.09. The molecule has 0 bridgehead atoms. The minimum atomic E-state index is -0.456. The van der Waals surface area contributed by atoms with Crippen molar-refractivity contribution in [1.29, 1.82) is 0 Å². The Hall–Kier alpha value is -2.00. The van der Waals surface area contributed by atoms with Gasteiger partial charge in [-0.1, -0.05) is 31.2 Å². The summed E-state index contributed by atoms with van der Waals surface area (Å²) in [6.45, 7) is 4.20.